The van der Waals surface area contributed by atoms with E-state index in [0.29, 0.717) is 19.5 Å². The second kappa shape index (κ2) is 7.17. The van der Waals surface area contributed by atoms with Crippen LogP contribution in [0.2, 0.25) is 0 Å². The Morgan fingerprint density at radius 2 is 1.75 bits per heavy atom. The van der Waals surface area contributed by atoms with Crippen LogP contribution in [0.3, 0.4) is 0 Å². The maximum absolute atomic E-state index is 12.7. The second-order valence-corrected chi connectivity index (χ2v) is 5.76. The average molecular weight is 323 g/mol. The highest BCUT2D eigenvalue weighted by Crippen LogP contribution is 2.32. The summed E-state index contributed by atoms with van der Waals surface area (Å²) in [4.78, 5) is 26.7. The number of nitrogens with one attached hydrogen (secondary N) is 2. The monoisotopic (exact) mass is 323 g/mol. The predicted octanol–water partition coefficient (Wildman–Crippen LogP) is 2.46. The molecule has 2 aromatic carbocycles. The van der Waals surface area contributed by atoms with Crippen molar-refractivity contribution in [3.8, 4) is 0 Å². The van der Waals surface area contributed by atoms with Crippen molar-refractivity contribution in [2.45, 2.75) is 25.9 Å². The molecule has 2 N–H and O–H groups in total. The molecule has 1 aliphatic heterocycles. The molecule has 0 radical (unpaired) electrons. The molecule has 5 heteroatoms. The van der Waals surface area contributed by atoms with E-state index in [0.717, 1.165) is 16.8 Å². The van der Waals surface area contributed by atoms with Crippen molar-refractivity contribution in [3.63, 3.8) is 0 Å². The van der Waals surface area contributed by atoms with Gasteiger partial charge in [0.25, 0.3) is 0 Å². The van der Waals surface area contributed by atoms with Crippen LogP contribution in [0.1, 0.15) is 18.1 Å². The lowest BCUT2D eigenvalue weighted by Crippen LogP contribution is -2.51. The van der Waals surface area contributed by atoms with Crippen LogP contribution in [0.25, 0.3) is 0 Å². The SMILES string of the molecule is CCNC(=O)[C@H]1Cc2ccccc2N1C(=O)NCc1ccccc1. The number of amides is 3. The zero-order valence-electron chi connectivity index (χ0n) is 13.7. The highest BCUT2D eigenvalue weighted by atomic mass is 16.2. The molecule has 3 amide bonds. The van der Waals surface area contributed by atoms with Gasteiger partial charge in [-0.25, -0.2) is 4.79 Å². The third-order valence-electron chi connectivity index (χ3n) is 4.14. The van der Waals surface area contributed by atoms with Crippen LogP contribution in [0, 0.1) is 0 Å². The summed E-state index contributed by atoms with van der Waals surface area (Å²) in [6.07, 6.45) is 0.542. The molecule has 124 valence electrons. The van der Waals surface area contributed by atoms with Gasteiger partial charge in [-0.2, -0.15) is 0 Å². The number of benzene rings is 2. The normalized spacial score (nSPS) is 15.7. The van der Waals surface area contributed by atoms with Gasteiger partial charge >= 0.3 is 6.03 Å². The second-order valence-electron chi connectivity index (χ2n) is 5.76. The first-order valence-corrected chi connectivity index (χ1v) is 8.17. The van der Waals surface area contributed by atoms with E-state index in [4.69, 9.17) is 0 Å². The molecule has 0 fully saturated rings. The summed E-state index contributed by atoms with van der Waals surface area (Å²) in [6, 6.07) is 16.6. The van der Waals surface area contributed by atoms with E-state index >= 15 is 0 Å². The van der Waals surface area contributed by atoms with Crippen molar-refractivity contribution in [2.75, 3.05) is 11.4 Å². The Morgan fingerprint density at radius 1 is 1.04 bits per heavy atom. The van der Waals surface area contributed by atoms with Crippen LogP contribution in [-0.4, -0.2) is 24.5 Å². The predicted molar refractivity (Wildman–Crippen MR) is 93.8 cm³/mol. The van der Waals surface area contributed by atoms with Gasteiger partial charge in [0.15, 0.2) is 0 Å². The van der Waals surface area contributed by atoms with E-state index in [1.165, 1.54) is 0 Å². The number of carbonyl (C=O) groups is 2. The van der Waals surface area contributed by atoms with Gasteiger partial charge < -0.3 is 10.6 Å². The van der Waals surface area contributed by atoms with Crippen molar-refractivity contribution < 1.29 is 9.59 Å². The van der Waals surface area contributed by atoms with Gasteiger partial charge in [-0.05, 0) is 24.1 Å². The Bertz CT molecular complexity index is 730. The van der Waals surface area contributed by atoms with Crippen molar-refractivity contribution in [3.05, 3.63) is 65.7 Å². The molecular formula is C19H21N3O2. The third-order valence-corrected chi connectivity index (χ3v) is 4.14. The standard InChI is InChI=1S/C19H21N3O2/c1-2-20-18(23)17-12-15-10-6-7-11-16(15)22(17)19(24)21-13-14-8-4-3-5-9-14/h3-11,17H,2,12-13H2,1H3,(H,20,23)(H,21,24)/t17-/m1/s1. The number of urea groups is 1. The first kappa shape index (κ1) is 16.1. The van der Waals surface area contributed by atoms with E-state index < -0.39 is 6.04 Å². The van der Waals surface area contributed by atoms with Crippen molar-refractivity contribution >= 4 is 17.6 Å². The number of para-hydroxylation sites is 1. The summed E-state index contributed by atoms with van der Waals surface area (Å²) in [5.41, 5.74) is 2.84. The highest BCUT2D eigenvalue weighted by molar-refractivity contribution is 6.02. The molecule has 1 heterocycles. The Hall–Kier alpha value is -2.82. The fourth-order valence-electron chi connectivity index (χ4n) is 3.00. The Balaban J connectivity index is 1.78. The molecule has 0 aromatic heterocycles. The van der Waals surface area contributed by atoms with Crippen LogP contribution < -0.4 is 15.5 Å². The van der Waals surface area contributed by atoms with Gasteiger partial charge in [0, 0.05) is 25.2 Å². The lowest BCUT2D eigenvalue weighted by molar-refractivity contribution is -0.122. The topological polar surface area (TPSA) is 61.4 Å². The lowest BCUT2D eigenvalue weighted by Gasteiger charge is -2.25. The molecular weight excluding hydrogens is 302 g/mol. The van der Waals surface area contributed by atoms with Crippen molar-refractivity contribution in [1.29, 1.82) is 0 Å². The van der Waals surface area contributed by atoms with Gasteiger partial charge in [0.05, 0.1) is 0 Å². The number of anilines is 1. The summed E-state index contributed by atoms with van der Waals surface area (Å²) < 4.78 is 0. The Morgan fingerprint density at radius 3 is 2.50 bits per heavy atom. The van der Waals surface area contributed by atoms with Gasteiger partial charge in [0.2, 0.25) is 5.91 Å². The minimum absolute atomic E-state index is 0.122. The number of fused-ring (bicyclic) bond motifs is 1. The van der Waals surface area contributed by atoms with E-state index in [1.807, 2.05) is 61.5 Å². The van der Waals surface area contributed by atoms with Crippen molar-refractivity contribution in [2.24, 2.45) is 0 Å². The first-order chi connectivity index (χ1) is 11.7. The minimum atomic E-state index is -0.502. The molecule has 2 aromatic rings. The summed E-state index contributed by atoms with van der Waals surface area (Å²) in [7, 11) is 0. The van der Waals surface area contributed by atoms with Crippen LogP contribution in [0.5, 0.6) is 0 Å². The molecule has 0 spiro atoms. The van der Waals surface area contributed by atoms with Crippen LogP contribution in [0.4, 0.5) is 10.5 Å². The van der Waals surface area contributed by atoms with E-state index in [9.17, 15) is 9.59 Å². The minimum Gasteiger partial charge on any atom is -0.355 e. The molecule has 5 nitrogen and oxygen atoms in total. The number of likely N-dealkylation sites (N-methyl/N-ethyl adjacent to an activating group) is 1. The number of rotatable bonds is 4. The molecule has 3 rings (SSSR count). The fraction of sp³-hybridized carbons (Fsp3) is 0.263. The zero-order chi connectivity index (χ0) is 16.9. The maximum Gasteiger partial charge on any atom is 0.322 e. The molecule has 0 bridgehead atoms. The smallest absolute Gasteiger partial charge is 0.322 e. The van der Waals surface area contributed by atoms with Gasteiger partial charge in [0.1, 0.15) is 6.04 Å². The van der Waals surface area contributed by atoms with Gasteiger partial charge in [-0.1, -0.05) is 48.5 Å². The molecule has 1 aliphatic rings. The molecule has 24 heavy (non-hydrogen) atoms. The van der Waals surface area contributed by atoms with Crippen LogP contribution >= 0.6 is 0 Å². The molecule has 0 saturated heterocycles. The number of hydrogen-bond acceptors (Lipinski definition) is 2. The molecule has 0 aliphatic carbocycles. The molecule has 0 saturated carbocycles. The zero-order valence-corrected chi connectivity index (χ0v) is 13.7. The average Bonchev–Trinajstić information content (AvgIpc) is 3.00. The maximum atomic E-state index is 12.7. The van der Waals surface area contributed by atoms with E-state index in [-0.39, 0.29) is 11.9 Å². The molecule has 1 atom stereocenters. The van der Waals surface area contributed by atoms with E-state index in [2.05, 4.69) is 10.6 Å². The number of carbonyl (C=O) groups excluding carboxylic acids is 2. The van der Waals surface area contributed by atoms with Crippen molar-refractivity contribution in [1.82, 2.24) is 10.6 Å². The van der Waals surface area contributed by atoms with Crippen LogP contribution in [-0.2, 0) is 17.8 Å². The summed E-state index contributed by atoms with van der Waals surface area (Å²) in [5.74, 6) is -0.122. The van der Waals surface area contributed by atoms with Gasteiger partial charge in [-0.3, -0.25) is 9.69 Å². The summed E-state index contributed by atoms with van der Waals surface area (Å²) in [6.45, 7) is 2.85. The largest absolute Gasteiger partial charge is 0.355 e. The number of nitrogens with zero attached hydrogens (tertiary/aromatic N) is 1. The third kappa shape index (κ3) is 3.25. The van der Waals surface area contributed by atoms with Crippen LogP contribution in [0.15, 0.2) is 54.6 Å². The summed E-state index contributed by atoms with van der Waals surface area (Å²) in [5, 5.41) is 5.74. The Labute approximate surface area is 141 Å². The Kier molecular flexibility index (Phi) is 4.79. The molecule has 0 unspecified atom stereocenters. The quantitative estimate of drug-likeness (QED) is 0.908. The first-order valence-electron chi connectivity index (χ1n) is 8.17. The highest BCUT2D eigenvalue weighted by Gasteiger charge is 2.37. The van der Waals surface area contributed by atoms with Gasteiger partial charge in [-0.15, -0.1) is 0 Å². The number of hydrogen-bond donors (Lipinski definition) is 2. The lowest BCUT2D eigenvalue weighted by atomic mass is 10.1. The van der Waals surface area contributed by atoms with E-state index in [1.54, 1.807) is 4.90 Å². The summed E-state index contributed by atoms with van der Waals surface area (Å²) >= 11 is 0. The fourth-order valence-corrected chi connectivity index (χ4v) is 3.00.